The standard InChI is InChI=1S/C42H26O/c1-2-11-28(12-3-1)41-34-14-6-8-16-36(34)42(37-17-9-7-15-35(37)41)32-21-23-39-38(25-32)33-22-20-31(26-40(33)43-39)30-19-18-27-10-4-5-13-29(27)24-30/h1-26H/i1D,2D,3D,6D,7D,8D,9D,11D,12D,14D,15D,16D,17D. The fourth-order valence-electron chi connectivity index (χ4n) is 6.02. The van der Waals surface area contributed by atoms with Crippen molar-refractivity contribution in [3.05, 3.63) is 157 Å². The third-order valence-electron chi connectivity index (χ3n) is 7.97. The molecule has 0 fully saturated rings. The first-order valence-electron chi connectivity index (χ1n) is 20.2. The highest BCUT2D eigenvalue weighted by molar-refractivity contribution is 6.22. The summed E-state index contributed by atoms with van der Waals surface area (Å²) in [6.07, 6.45) is 0. The van der Waals surface area contributed by atoms with Crippen LogP contribution in [-0.2, 0) is 0 Å². The van der Waals surface area contributed by atoms with Crippen LogP contribution in [0.5, 0.6) is 0 Å². The van der Waals surface area contributed by atoms with E-state index in [1.807, 2.05) is 48.5 Å². The Labute approximate surface area is 267 Å². The fraction of sp³-hybridized carbons (Fsp3) is 0. The molecule has 1 nitrogen and oxygen atoms in total. The van der Waals surface area contributed by atoms with Gasteiger partial charge in [-0.1, -0.05) is 127 Å². The zero-order valence-electron chi connectivity index (χ0n) is 35.4. The number of rotatable bonds is 3. The lowest BCUT2D eigenvalue weighted by Crippen LogP contribution is -1.90. The van der Waals surface area contributed by atoms with Crippen molar-refractivity contribution in [1.29, 1.82) is 0 Å². The Kier molecular flexibility index (Phi) is 3.18. The molecule has 1 heteroatoms. The monoisotopic (exact) mass is 559 g/mol. The molecular formula is C42H26O. The highest BCUT2D eigenvalue weighted by Gasteiger charge is 2.17. The Bertz CT molecular complexity index is 3130. The summed E-state index contributed by atoms with van der Waals surface area (Å²) >= 11 is 0. The van der Waals surface area contributed by atoms with E-state index in [-0.39, 0.29) is 32.7 Å². The van der Waals surface area contributed by atoms with Crippen LogP contribution in [-0.4, -0.2) is 0 Å². The van der Waals surface area contributed by atoms with Gasteiger partial charge in [-0.25, -0.2) is 0 Å². The van der Waals surface area contributed by atoms with Gasteiger partial charge in [-0.3, -0.25) is 0 Å². The first-order chi connectivity index (χ1) is 26.7. The predicted octanol–water partition coefficient (Wildman–Crippen LogP) is 12.0. The Hall–Kier alpha value is -5.66. The lowest BCUT2D eigenvalue weighted by atomic mass is 9.86. The molecule has 0 spiro atoms. The van der Waals surface area contributed by atoms with Crippen molar-refractivity contribution in [3.63, 3.8) is 0 Å². The Balaban J connectivity index is 1.41. The molecule has 0 amide bonds. The highest BCUT2D eigenvalue weighted by Crippen LogP contribution is 2.44. The average Bonchev–Trinajstić information content (AvgIpc) is 3.58. The maximum absolute atomic E-state index is 9.22. The fourth-order valence-corrected chi connectivity index (χ4v) is 6.02. The van der Waals surface area contributed by atoms with Gasteiger partial charge in [0.1, 0.15) is 11.2 Å². The minimum atomic E-state index is -0.714. The van der Waals surface area contributed by atoms with Crippen molar-refractivity contribution in [2.24, 2.45) is 0 Å². The van der Waals surface area contributed by atoms with Crippen molar-refractivity contribution in [3.8, 4) is 33.4 Å². The van der Waals surface area contributed by atoms with Crippen LogP contribution >= 0.6 is 0 Å². The predicted molar refractivity (Wildman–Crippen MR) is 183 cm³/mol. The van der Waals surface area contributed by atoms with Gasteiger partial charge in [0.25, 0.3) is 0 Å². The van der Waals surface area contributed by atoms with Crippen molar-refractivity contribution >= 4 is 54.3 Å². The summed E-state index contributed by atoms with van der Waals surface area (Å²) in [5, 5.41) is 2.80. The second-order valence-electron chi connectivity index (χ2n) is 10.3. The molecule has 0 saturated carbocycles. The molecule has 1 aromatic heterocycles. The molecule has 8 aromatic carbocycles. The molecule has 200 valence electrons. The summed E-state index contributed by atoms with van der Waals surface area (Å²) in [6.45, 7) is 0. The van der Waals surface area contributed by atoms with E-state index in [2.05, 4.69) is 12.1 Å². The van der Waals surface area contributed by atoms with E-state index in [0.29, 0.717) is 22.1 Å². The summed E-state index contributed by atoms with van der Waals surface area (Å²) in [4.78, 5) is 0. The van der Waals surface area contributed by atoms with Crippen molar-refractivity contribution < 1.29 is 22.2 Å². The number of fused-ring (bicyclic) bond motifs is 6. The lowest BCUT2D eigenvalue weighted by molar-refractivity contribution is 0.669. The normalized spacial score (nSPS) is 16.0. The van der Waals surface area contributed by atoms with E-state index in [9.17, 15) is 2.74 Å². The maximum atomic E-state index is 9.22. The molecule has 0 saturated heterocycles. The first kappa shape index (κ1) is 14.5. The zero-order valence-corrected chi connectivity index (χ0v) is 22.4. The molecule has 9 aromatic rings. The zero-order chi connectivity index (χ0) is 39.6. The Morgan fingerprint density at radius 1 is 0.372 bits per heavy atom. The summed E-state index contributed by atoms with van der Waals surface area (Å²) in [5.74, 6) is 0. The van der Waals surface area contributed by atoms with Gasteiger partial charge in [0.2, 0.25) is 0 Å². The van der Waals surface area contributed by atoms with E-state index < -0.39 is 84.1 Å². The molecule has 0 N–H and O–H groups in total. The topological polar surface area (TPSA) is 13.1 Å². The molecule has 0 aliphatic carbocycles. The van der Waals surface area contributed by atoms with Crippen LogP contribution < -0.4 is 0 Å². The van der Waals surface area contributed by atoms with Gasteiger partial charge in [0.15, 0.2) is 0 Å². The maximum Gasteiger partial charge on any atom is 0.136 e. The third-order valence-corrected chi connectivity index (χ3v) is 7.97. The van der Waals surface area contributed by atoms with Gasteiger partial charge < -0.3 is 4.42 Å². The van der Waals surface area contributed by atoms with Crippen LogP contribution in [0, 0.1) is 0 Å². The van der Waals surface area contributed by atoms with Crippen molar-refractivity contribution in [2.75, 3.05) is 0 Å². The van der Waals surface area contributed by atoms with Crippen molar-refractivity contribution in [2.45, 2.75) is 0 Å². The molecule has 0 bridgehead atoms. The second-order valence-corrected chi connectivity index (χ2v) is 10.3. The van der Waals surface area contributed by atoms with Crippen LogP contribution in [0.4, 0.5) is 0 Å². The number of hydrogen-bond acceptors (Lipinski definition) is 1. The van der Waals surface area contributed by atoms with Crippen LogP contribution in [0.2, 0.25) is 0 Å². The van der Waals surface area contributed by atoms with Crippen LogP contribution in [0.15, 0.2) is 162 Å². The molecule has 1 heterocycles. The molecular weight excluding hydrogens is 520 g/mol. The molecule has 0 unspecified atom stereocenters. The quantitative estimate of drug-likeness (QED) is 0.196. The number of furan rings is 1. The van der Waals surface area contributed by atoms with Gasteiger partial charge in [-0.15, -0.1) is 0 Å². The van der Waals surface area contributed by atoms with Gasteiger partial charge in [-0.2, -0.15) is 0 Å². The minimum Gasteiger partial charge on any atom is -0.456 e. The minimum absolute atomic E-state index is 0.0640. The molecule has 43 heavy (non-hydrogen) atoms. The lowest BCUT2D eigenvalue weighted by Gasteiger charge is -2.17. The summed E-state index contributed by atoms with van der Waals surface area (Å²) in [5.41, 5.74) is 2.65. The molecule has 0 aliphatic rings. The molecule has 9 rings (SSSR count). The van der Waals surface area contributed by atoms with Gasteiger partial charge in [-0.05, 0) is 96.0 Å². The smallest absolute Gasteiger partial charge is 0.136 e. The third kappa shape index (κ3) is 3.79. The summed E-state index contributed by atoms with van der Waals surface area (Å²) < 4.78 is 121. The summed E-state index contributed by atoms with van der Waals surface area (Å²) in [6, 6.07) is 16.8. The van der Waals surface area contributed by atoms with E-state index >= 15 is 0 Å². The SMILES string of the molecule is [2H]c1c([2H])c([2H])c(-c2c3c([2H])c([2H])c([2H])c([2H])c3c(-c3ccc4oc5cc(-c6ccc7ccccc7c6)ccc5c4c3)c3c([2H])c([2H])c([2H])c([2H])c23)c([2H])c1[2H]. The summed E-state index contributed by atoms with van der Waals surface area (Å²) in [7, 11) is 0. The molecule has 0 atom stereocenters. The van der Waals surface area contributed by atoms with Crippen LogP contribution in [0.3, 0.4) is 0 Å². The first-order valence-corrected chi connectivity index (χ1v) is 13.7. The van der Waals surface area contributed by atoms with Crippen LogP contribution in [0.1, 0.15) is 17.8 Å². The largest absolute Gasteiger partial charge is 0.456 e. The van der Waals surface area contributed by atoms with Gasteiger partial charge in [0, 0.05) is 10.8 Å². The number of benzene rings is 8. The van der Waals surface area contributed by atoms with E-state index in [4.69, 9.17) is 19.5 Å². The Morgan fingerprint density at radius 3 is 1.67 bits per heavy atom. The second kappa shape index (κ2) is 9.44. The van der Waals surface area contributed by atoms with E-state index in [0.717, 1.165) is 27.3 Å². The number of hydrogen-bond donors (Lipinski definition) is 0. The molecule has 0 radical (unpaired) electrons. The molecule has 0 aliphatic heterocycles. The van der Waals surface area contributed by atoms with Crippen molar-refractivity contribution in [1.82, 2.24) is 0 Å². The van der Waals surface area contributed by atoms with Gasteiger partial charge >= 0.3 is 0 Å². The van der Waals surface area contributed by atoms with E-state index in [1.54, 1.807) is 18.2 Å². The average molecular weight is 560 g/mol. The van der Waals surface area contributed by atoms with Gasteiger partial charge in [0.05, 0.1) is 17.8 Å². The van der Waals surface area contributed by atoms with Crippen LogP contribution in [0.25, 0.3) is 87.6 Å². The Morgan fingerprint density at radius 2 is 0.953 bits per heavy atom. The highest BCUT2D eigenvalue weighted by atomic mass is 16.3. The van der Waals surface area contributed by atoms with E-state index in [1.165, 1.54) is 0 Å².